The van der Waals surface area contributed by atoms with Gasteiger partial charge in [-0.15, -0.1) is 24.0 Å². The number of benzene rings is 1. The molecule has 26 heavy (non-hydrogen) atoms. The fourth-order valence-corrected chi connectivity index (χ4v) is 2.23. The quantitative estimate of drug-likeness (QED) is 0.263. The first-order chi connectivity index (χ1) is 12.1. The summed E-state index contributed by atoms with van der Waals surface area (Å²) in [6.07, 6.45) is 2.34. The predicted octanol–water partition coefficient (Wildman–Crippen LogP) is 3.66. The van der Waals surface area contributed by atoms with Crippen LogP contribution in [-0.2, 0) is 11.2 Å². The van der Waals surface area contributed by atoms with Gasteiger partial charge in [-0.3, -0.25) is 4.99 Å². The number of furan rings is 1. The second kappa shape index (κ2) is 11.8. The topological polar surface area (TPSA) is 58.8 Å². The van der Waals surface area contributed by atoms with Crippen molar-refractivity contribution in [3.05, 3.63) is 59.6 Å². The van der Waals surface area contributed by atoms with Crippen LogP contribution < -0.4 is 10.6 Å². The normalized spacial score (nSPS) is 12.4. The molecule has 2 rings (SSSR count). The summed E-state index contributed by atoms with van der Waals surface area (Å²) in [6.45, 7) is 3.45. The molecule has 0 bridgehead atoms. The largest absolute Gasteiger partial charge is 0.469 e. The summed E-state index contributed by atoms with van der Waals surface area (Å²) < 4.78 is 36.8. The van der Waals surface area contributed by atoms with E-state index in [-0.39, 0.29) is 30.0 Å². The third kappa shape index (κ3) is 7.28. The maximum atomic E-state index is 13.4. The molecule has 144 valence electrons. The van der Waals surface area contributed by atoms with Gasteiger partial charge >= 0.3 is 0 Å². The second-order valence-corrected chi connectivity index (χ2v) is 5.52. The number of aliphatic imine (C=N–C) groups is 1. The number of methoxy groups -OCH3 is 1. The molecular weight excluding hydrogens is 455 g/mol. The molecule has 0 amide bonds. The van der Waals surface area contributed by atoms with Gasteiger partial charge in [-0.1, -0.05) is 6.07 Å². The van der Waals surface area contributed by atoms with E-state index in [0.717, 1.165) is 11.8 Å². The van der Waals surface area contributed by atoms with Crippen molar-refractivity contribution < 1.29 is 17.9 Å². The molecule has 1 atom stereocenters. The Hall–Kier alpha value is -1.68. The Morgan fingerprint density at radius 2 is 2.08 bits per heavy atom. The minimum absolute atomic E-state index is 0. The maximum absolute atomic E-state index is 13.4. The molecule has 1 unspecified atom stereocenters. The summed E-state index contributed by atoms with van der Waals surface area (Å²) in [4.78, 5) is 4.41. The van der Waals surface area contributed by atoms with Crippen LogP contribution in [0.2, 0.25) is 0 Å². The fourth-order valence-electron chi connectivity index (χ4n) is 2.23. The Kier molecular flexibility index (Phi) is 10.2. The lowest BCUT2D eigenvalue weighted by Crippen LogP contribution is -2.40. The van der Waals surface area contributed by atoms with E-state index in [1.165, 1.54) is 6.07 Å². The Labute approximate surface area is 169 Å². The minimum atomic E-state index is -0.866. The molecule has 1 aromatic carbocycles. The van der Waals surface area contributed by atoms with Gasteiger partial charge in [0.05, 0.1) is 25.5 Å². The van der Waals surface area contributed by atoms with E-state index in [4.69, 9.17) is 9.15 Å². The molecule has 8 heteroatoms. The maximum Gasteiger partial charge on any atom is 0.191 e. The number of guanidine groups is 1. The van der Waals surface area contributed by atoms with Crippen LogP contribution in [0.1, 0.15) is 24.3 Å². The van der Waals surface area contributed by atoms with Crippen LogP contribution in [0.4, 0.5) is 8.78 Å². The van der Waals surface area contributed by atoms with Gasteiger partial charge in [-0.2, -0.15) is 0 Å². The van der Waals surface area contributed by atoms with Crippen molar-refractivity contribution >= 4 is 29.9 Å². The van der Waals surface area contributed by atoms with Gasteiger partial charge in [0, 0.05) is 20.1 Å². The number of halogens is 3. The van der Waals surface area contributed by atoms with E-state index in [1.807, 2.05) is 19.1 Å². The average Bonchev–Trinajstić information content (AvgIpc) is 3.10. The summed E-state index contributed by atoms with van der Waals surface area (Å²) in [5, 5.41) is 6.38. The molecule has 1 heterocycles. The summed E-state index contributed by atoms with van der Waals surface area (Å²) in [5.74, 6) is -0.283. The Balaban J connectivity index is 0.00000338. The van der Waals surface area contributed by atoms with Gasteiger partial charge in [0.1, 0.15) is 5.76 Å². The van der Waals surface area contributed by atoms with Gasteiger partial charge in [0.2, 0.25) is 0 Å². The lowest BCUT2D eigenvalue weighted by molar-refractivity contribution is 0.208. The van der Waals surface area contributed by atoms with Gasteiger partial charge in [0.25, 0.3) is 0 Å². The predicted molar refractivity (Wildman–Crippen MR) is 108 cm³/mol. The molecular formula is C18H24F2IN3O2. The van der Waals surface area contributed by atoms with Crippen LogP contribution in [-0.4, -0.2) is 32.8 Å². The Bertz CT molecular complexity index is 681. The van der Waals surface area contributed by atoms with E-state index in [9.17, 15) is 8.78 Å². The molecule has 0 radical (unpaired) electrons. The summed E-state index contributed by atoms with van der Waals surface area (Å²) in [7, 11) is 1.61. The van der Waals surface area contributed by atoms with Crippen LogP contribution in [0.5, 0.6) is 0 Å². The van der Waals surface area contributed by atoms with Crippen molar-refractivity contribution in [3.63, 3.8) is 0 Å². The first-order valence-corrected chi connectivity index (χ1v) is 8.11. The van der Waals surface area contributed by atoms with Crippen LogP contribution in [0.15, 0.2) is 46.0 Å². The molecule has 1 aromatic heterocycles. The molecule has 5 nitrogen and oxygen atoms in total. The molecule has 0 aliphatic heterocycles. The zero-order valence-electron chi connectivity index (χ0n) is 14.8. The Morgan fingerprint density at radius 3 is 2.73 bits per heavy atom. The van der Waals surface area contributed by atoms with Gasteiger partial charge < -0.3 is 19.8 Å². The van der Waals surface area contributed by atoms with Gasteiger partial charge in [0.15, 0.2) is 17.6 Å². The highest BCUT2D eigenvalue weighted by Crippen LogP contribution is 2.15. The lowest BCUT2D eigenvalue weighted by Gasteiger charge is -2.19. The highest BCUT2D eigenvalue weighted by atomic mass is 127. The Morgan fingerprint density at radius 1 is 1.27 bits per heavy atom. The zero-order valence-corrected chi connectivity index (χ0v) is 17.1. The van der Waals surface area contributed by atoms with E-state index in [2.05, 4.69) is 15.6 Å². The van der Waals surface area contributed by atoms with Crippen molar-refractivity contribution in [2.75, 3.05) is 26.8 Å². The smallest absolute Gasteiger partial charge is 0.191 e. The first-order valence-electron chi connectivity index (χ1n) is 8.11. The number of hydrogen-bond acceptors (Lipinski definition) is 3. The monoisotopic (exact) mass is 479 g/mol. The summed E-state index contributed by atoms with van der Waals surface area (Å²) in [6, 6.07) is 7.35. The van der Waals surface area contributed by atoms with E-state index < -0.39 is 11.6 Å². The van der Waals surface area contributed by atoms with Crippen LogP contribution in [0.3, 0.4) is 0 Å². The minimum Gasteiger partial charge on any atom is -0.469 e. The number of ether oxygens (including phenoxy) is 1. The molecule has 0 saturated heterocycles. The van der Waals surface area contributed by atoms with E-state index in [0.29, 0.717) is 37.6 Å². The standard InChI is InChI=1S/C18H23F2N3O2.HI/c1-13(14-5-6-16(19)17(20)12-14)23-18(22-9-11-24-2)21-8-7-15-4-3-10-25-15;/h3-6,10,12-13H,7-9,11H2,1-2H3,(H2,21,22,23);1H. The molecule has 0 saturated carbocycles. The SMILES string of the molecule is COCCN=C(NCCc1ccco1)NC(C)c1ccc(F)c(F)c1.I. The number of nitrogens with one attached hydrogen (secondary N) is 2. The number of hydrogen-bond donors (Lipinski definition) is 2. The van der Waals surface area contributed by atoms with Crippen LogP contribution in [0.25, 0.3) is 0 Å². The number of nitrogens with zero attached hydrogens (tertiary/aromatic N) is 1. The third-order valence-electron chi connectivity index (χ3n) is 3.61. The molecule has 0 aliphatic carbocycles. The first kappa shape index (κ1) is 22.4. The van der Waals surface area contributed by atoms with Crippen molar-refractivity contribution in [1.29, 1.82) is 0 Å². The molecule has 0 aliphatic rings. The van der Waals surface area contributed by atoms with E-state index >= 15 is 0 Å². The average molecular weight is 479 g/mol. The zero-order chi connectivity index (χ0) is 18.1. The van der Waals surface area contributed by atoms with Gasteiger partial charge in [-0.05, 0) is 36.8 Å². The molecule has 2 N–H and O–H groups in total. The highest BCUT2D eigenvalue weighted by Gasteiger charge is 2.11. The van der Waals surface area contributed by atoms with Gasteiger partial charge in [-0.25, -0.2) is 8.78 Å². The highest BCUT2D eigenvalue weighted by molar-refractivity contribution is 14.0. The molecule has 0 fully saturated rings. The van der Waals surface area contributed by atoms with Crippen molar-refractivity contribution in [3.8, 4) is 0 Å². The van der Waals surface area contributed by atoms with Crippen LogP contribution >= 0.6 is 24.0 Å². The van der Waals surface area contributed by atoms with Crippen molar-refractivity contribution in [2.24, 2.45) is 4.99 Å². The van der Waals surface area contributed by atoms with Crippen LogP contribution in [0, 0.1) is 11.6 Å². The molecule has 2 aromatic rings. The van der Waals surface area contributed by atoms with Crippen molar-refractivity contribution in [2.45, 2.75) is 19.4 Å². The summed E-state index contributed by atoms with van der Waals surface area (Å²) in [5.41, 5.74) is 0.631. The van der Waals surface area contributed by atoms with E-state index in [1.54, 1.807) is 19.4 Å². The fraction of sp³-hybridized carbons (Fsp3) is 0.389. The number of rotatable bonds is 8. The molecule has 0 spiro atoms. The lowest BCUT2D eigenvalue weighted by atomic mass is 10.1. The summed E-state index contributed by atoms with van der Waals surface area (Å²) >= 11 is 0. The third-order valence-corrected chi connectivity index (χ3v) is 3.61. The second-order valence-electron chi connectivity index (χ2n) is 5.52. The van der Waals surface area contributed by atoms with Crippen molar-refractivity contribution in [1.82, 2.24) is 10.6 Å².